The van der Waals surface area contributed by atoms with E-state index in [0.29, 0.717) is 6.10 Å². The monoisotopic (exact) mass is 238 g/mol. The molecule has 0 aromatic heterocycles. The third kappa shape index (κ3) is 4.48. The summed E-state index contributed by atoms with van der Waals surface area (Å²) in [6.45, 7) is 4.43. The minimum Gasteiger partial charge on any atom is -0.490 e. The molecule has 16 heavy (non-hydrogen) atoms. The van der Waals surface area contributed by atoms with Crippen LogP contribution in [-0.4, -0.2) is 12.4 Å². The smallest absolute Gasteiger partial charge is 0.120 e. The van der Waals surface area contributed by atoms with Gasteiger partial charge in [0.15, 0.2) is 0 Å². The van der Waals surface area contributed by atoms with Crippen molar-refractivity contribution in [3.8, 4) is 5.75 Å². The lowest BCUT2D eigenvalue weighted by Crippen LogP contribution is -2.15. The van der Waals surface area contributed by atoms with Crippen LogP contribution < -0.4 is 4.74 Å². The molecule has 0 saturated heterocycles. The van der Waals surface area contributed by atoms with Crippen LogP contribution in [0.4, 0.5) is 0 Å². The first-order valence-corrected chi connectivity index (χ1v) is 7.33. The molecule has 2 heteroatoms. The van der Waals surface area contributed by atoms with Crippen molar-refractivity contribution in [3.05, 3.63) is 24.3 Å². The van der Waals surface area contributed by atoms with Gasteiger partial charge in [0.25, 0.3) is 0 Å². The second kappa shape index (κ2) is 7.61. The number of thioether (sulfide) groups is 1. The van der Waals surface area contributed by atoms with E-state index < -0.39 is 0 Å². The lowest BCUT2D eigenvalue weighted by atomic mass is 10.1. The Morgan fingerprint density at radius 3 is 2.44 bits per heavy atom. The van der Waals surface area contributed by atoms with Crippen molar-refractivity contribution >= 4 is 11.8 Å². The van der Waals surface area contributed by atoms with E-state index >= 15 is 0 Å². The molecule has 0 unspecified atom stereocenters. The third-order valence-corrected chi connectivity index (χ3v) is 3.29. The highest BCUT2D eigenvalue weighted by Gasteiger charge is 2.08. The van der Waals surface area contributed by atoms with Gasteiger partial charge in [-0.25, -0.2) is 0 Å². The van der Waals surface area contributed by atoms with E-state index in [1.54, 1.807) is 11.8 Å². The minimum absolute atomic E-state index is 0.382. The molecule has 0 amide bonds. The fraction of sp³-hybridized carbons (Fsp3) is 0.571. The van der Waals surface area contributed by atoms with Crippen molar-refractivity contribution in [2.45, 2.75) is 50.5 Å². The fourth-order valence-electron chi connectivity index (χ4n) is 1.77. The summed E-state index contributed by atoms with van der Waals surface area (Å²) in [7, 11) is 0. The molecule has 0 spiro atoms. The Kier molecular flexibility index (Phi) is 6.39. The Labute approximate surface area is 104 Å². The topological polar surface area (TPSA) is 9.23 Å². The maximum Gasteiger partial charge on any atom is 0.120 e. The first-order valence-electron chi connectivity index (χ1n) is 6.10. The van der Waals surface area contributed by atoms with E-state index in [0.717, 1.165) is 18.6 Å². The molecule has 0 aliphatic rings. The molecule has 1 aromatic carbocycles. The number of hydrogen-bond acceptors (Lipinski definition) is 2. The van der Waals surface area contributed by atoms with Crippen LogP contribution in [0.5, 0.6) is 5.75 Å². The first-order chi connectivity index (χ1) is 7.80. The van der Waals surface area contributed by atoms with Crippen molar-refractivity contribution in [2.24, 2.45) is 0 Å². The van der Waals surface area contributed by atoms with Gasteiger partial charge in [-0.2, -0.15) is 0 Å². The van der Waals surface area contributed by atoms with Gasteiger partial charge >= 0.3 is 0 Å². The largest absolute Gasteiger partial charge is 0.490 e. The molecule has 1 aromatic rings. The maximum absolute atomic E-state index is 6.02. The summed E-state index contributed by atoms with van der Waals surface area (Å²) in [4.78, 5) is 1.27. The Morgan fingerprint density at radius 2 is 1.88 bits per heavy atom. The van der Waals surface area contributed by atoms with Gasteiger partial charge in [0, 0.05) is 4.90 Å². The SMILES string of the molecule is CCCC(CCC)Oc1cccc(SC)c1. The number of hydrogen-bond donors (Lipinski definition) is 0. The highest BCUT2D eigenvalue weighted by molar-refractivity contribution is 7.98. The van der Waals surface area contributed by atoms with Crippen molar-refractivity contribution in [1.82, 2.24) is 0 Å². The average molecular weight is 238 g/mol. The lowest BCUT2D eigenvalue weighted by Gasteiger charge is -2.18. The zero-order chi connectivity index (χ0) is 11.8. The summed E-state index contributed by atoms with van der Waals surface area (Å²) in [6, 6.07) is 8.36. The quantitative estimate of drug-likeness (QED) is 0.634. The number of rotatable bonds is 7. The van der Waals surface area contributed by atoms with Gasteiger partial charge in [-0.3, -0.25) is 0 Å². The van der Waals surface area contributed by atoms with Gasteiger partial charge in [0.1, 0.15) is 5.75 Å². The molecule has 0 bridgehead atoms. The molecule has 0 atom stereocenters. The zero-order valence-electron chi connectivity index (χ0n) is 10.5. The van der Waals surface area contributed by atoms with E-state index in [1.165, 1.54) is 17.7 Å². The van der Waals surface area contributed by atoms with Crippen LogP contribution in [0, 0.1) is 0 Å². The molecule has 0 aliphatic heterocycles. The molecule has 0 aliphatic carbocycles. The molecule has 1 nitrogen and oxygen atoms in total. The molecule has 0 fully saturated rings. The zero-order valence-corrected chi connectivity index (χ0v) is 11.3. The van der Waals surface area contributed by atoms with Crippen LogP contribution in [0.3, 0.4) is 0 Å². The number of ether oxygens (including phenoxy) is 1. The van der Waals surface area contributed by atoms with Crippen LogP contribution in [0.2, 0.25) is 0 Å². The summed E-state index contributed by atoms with van der Waals surface area (Å²) in [5.74, 6) is 1.01. The highest BCUT2D eigenvalue weighted by atomic mass is 32.2. The van der Waals surface area contributed by atoms with E-state index in [2.05, 4.69) is 44.4 Å². The van der Waals surface area contributed by atoms with Gasteiger partial charge in [-0.05, 0) is 37.3 Å². The second-order valence-electron chi connectivity index (χ2n) is 4.00. The van der Waals surface area contributed by atoms with Crippen LogP contribution in [0.25, 0.3) is 0 Å². The molecular formula is C14H22OS. The number of benzene rings is 1. The van der Waals surface area contributed by atoms with Crippen molar-refractivity contribution in [1.29, 1.82) is 0 Å². The Hall–Kier alpha value is -0.630. The summed E-state index contributed by atoms with van der Waals surface area (Å²) in [6.07, 6.45) is 7.15. The average Bonchev–Trinajstić information content (AvgIpc) is 2.30. The van der Waals surface area contributed by atoms with E-state index in [4.69, 9.17) is 4.74 Å². The van der Waals surface area contributed by atoms with Gasteiger partial charge in [-0.15, -0.1) is 11.8 Å². The van der Waals surface area contributed by atoms with E-state index in [1.807, 2.05) is 0 Å². The lowest BCUT2D eigenvalue weighted by molar-refractivity contribution is 0.178. The van der Waals surface area contributed by atoms with Crippen molar-refractivity contribution in [2.75, 3.05) is 6.26 Å². The molecule has 90 valence electrons. The van der Waals surface area contributed by atoms with Crippen LogP contribution in [0.15, 0.2) is 29.2 Å². The van der Waals surface area contributed by atoms with Gasteiger partial charge in [0.05, 0.1) is 6.10 Å². The first kappa shape index (κ1) is 13.4. The summed E-state index contributed by atoms with van der Waals surface area (Å²) >= 11 is 1.76. The van der Waals surface area contributed by atoms with Crippen molar-refractivity contribution < 1.29 is 4.74 Å². The fourth-order valence-corrected chi connectivity index (χ4v) is 2.22. The Morgan fingerprint density at radius 1 is 1.19 bits per heavy atom. The normalized spacial score (nSPS) is 10.8. The molecule has 0 radical (unpaired) electrons. The summed E-state index contributed by atoms with van der Waals surface area (Å²) in [5, 5.41) is 0. The maximum atomic E-state index is 6.02. The van der Waals surface area contributed by atoms with Gasteiger partial charge in [-0.1, -0.05) is 32.8 Å². The molecule has 0 saturated carbocycles. The third-order valence-electron chi connectivity index (χ3n) is 2.57. The van der Waals surface area contributed by atoms with Crippen LogP contribution in [0.1, 0.15) is 39.5 Å². The van der Waals surface area contributed by atoms with Crippen LogP contribution >= 0.6 is 11.8 Å². The predicted octanol–water partition coefficient (Wildman–Crippen LogP) is 4.76. The second-order valence-corrected chi connectivity index (χ2v) is 4.88. The van der Waals surface area contributed by atoms with Gasteiger partial charge < -0.3 is 4.74 Å². The molecule has 0 N–H and O–H groups in total. The molecular weight excluding hydrogens is 216 g/mol. The highest BCUT2D eigenvalue weighted by Crippen LogP contribution is 2.23. The minimum atomic E-state index is 0.382. The van der Waals surface area contributed by atoms with Crippen molar-refractivity contribution in [3.63, 3.8) is 0 Å². The Bertz CT molecular complexity index is 293. The van der Waals surface area contributed by atoms with Gasteiger partial charge in [0.2, 0.25) is 0 Å². The predicted molar refractivity (Wildman–Crippen MR) is 72.5 cm³/mol. The standard InChI is InChI=1S/C14H22OS/c1-4-7-12(8-5-2)15-13-9-6-10-14(11-13)16-3/h6,9-12H,4-5,7-8H2,1-3H3. The van der Waals surface area contributed by atoms with Crippen LogP contribution in [-0.2, 0) is 0 Å². The molecule has 0 heterocycles. The van der Waals surface area contributed by atoms with E-state index in [9.17, 15) is 0 Å². The van der Waals surface area contributed by atoms with E-state index in [-0.39, 0.29) is 0 Å². The molecule has 1 rings (SSSR count). The summed E-state index contributed by atoms with van der Waals surface area (Å²) in [5.41, 5.74) is 0. The summed E-state index contributed by atoms with van der Waals surface area (Å²) < 4.78 is 6.02. The Balaban J connectivity index is 2.60.